The number of rotatable bonds is 6. The van der Waals surface area contributed by atoms with Gasteiger partial charge in [-0.05, 0) is 25.7 Å². The van der Waals surface area contributed by atoms with Crippen molar-refractivity contribution in [2.45, 2.75) is 52.0 Å². The maximum absolute atomic E-state index is 12.5. The molecule has 0 aliphatic carbocycles. The van der Waals surface area contributed by atoms with Crippen LogP contribution in [0, 0.1) is 5.92 Å². The maximum atomic E-state index is 12.5. The van der Waals surface area contributed by atoms with E-state index in [2.05, 4.69) is 0 Å². The molecule has 0 spiro atoms. The Bertz CT molecular complexity index is 397. The molecule has 1 fully saturated rings. The molecule has 0 radical (unpaired) electrons. The van der Waals surface area contributed by atoms with Crippen molar-refractivity contribution in [3.8, 4) is 0 Å². The summed E-state index contributed by atoms with van der Waals surface area (Å²) in [5.41, 5.74) is 0. The lowest BCUT2D eigenvalue weighted by molar-refractivity contribution is -0.149. The number of piperidine rings is 1. The molecule has 1 aliphatic rings. The van der Waals surface area contributed by atoms with Crippen molar-refractivity contribution in [1.82, 2.24) is 9.80 Å². The van der Waals surface area contributed by atoms with Gasteiger partial charge in [-0.15, -0.1) is 0 Å². The van der Waals surface area contributed by atoms with Gasteiger partial charge in [-0.3, -0.25) is 14.4 Å². The van der Waals surface area contributed by atoms with Gasteiger partial charge in [0.2, 0.25) is 11.8 Å². The number of hydrogen-bond donors (Lipinski definition) is 1. The van der Waals surface area contributed by atoms with Crippen LogP contribution in [-0.2, 0) is 14.4 Å². The largest absolute Gasteiger partial charge is 0.481 e. The first-order valence-electron chi connectivity index (χ1n) is 7.65. The summed E-state index contributed by atoms with van der Waals surface area (Å²) in [6.07, 6.45) is 3.74. The zero-order valence-electron chi connectivity index (χ0n) is 13.2. The molecule has 120 valence electrons. The Balaban J connectivity index is 2.72. The SMILES string of the molecule is CCCC(=O)N1CCCCC1C(=O)N(C)CC(C)C(=O)O. The fraction of sp³-hybridized carbons (Fsp3) is 0.800. The number of carboxylic acid groups (broad SMARTS) is 1. The third kappa shape index (κ3) is 4.72. The minimum Gasteiger partial charge on any atom is -0.481 e. The number of aliphatic carboxylic acids is 1. The maximum Gasteiger partial charge on any atom is 0.308 e. The summed E-state index contributed by atoms with van der Waals surface area (Å²) < 4.78 is 0. The van der Waals surface area contributed by atoms with Gasteiger partial charge in [0.25, 0.3) is 0 Å². The van der Waals surface area contributed by atoms with Crippen molar-refractivity contribution in [2.75, 3.05) is 20.1 Å². The minimum atomic E-state index is -0.919. The van der Waals surface area contributed by atoms with Gasteiger partial charge in [0, 0.05) is 26.6 Å². The number of hydrogen-bond acceptors (Lipinski definition) is 3. The normalized spacial score (nSPS) is 20.0. The second-order valence-electron chi connectivity index (χ2n) is 5.81. The molecule has 6 heteroatoms. The predicted molar refractivity (Wildman–Crippen MR) is 78.7 cm³/mol. The Hall–Kier alpha value is -1.59. The fourth-order valence-corrected chi connectivity index (χ4v) is 2.68. The predicted octanol–water partition coefficient (Wildman–Crippen LogP) is 1.35. The van der Waals surface area contributed by atoms with E-state index >= 15 is 0 Å². The van der Waals surface area contributed by atoms with Gasteiger partial charge in [0.1, 0.15) is 6.04 Å². The molecule has 2 amide bonds. The van der Waals surface area contributed by atoms with Crippen molar-refractivity contribution in [3.63, 3.8) is 0 Å². The highest BCUT2D eigenvalue weighted by Gasteiger charge is 2.33. The molecule has 0 saturated carbocycles. The number of carbonyl (C=O) groups is 3. The first-order valence-corrected chi connectivity index (χ1v) is 7.65. The van der Waals surface area contributed by atoms with E-state index in [1.54, 1.807) is 18.9 Å². The van der Waals surface area contributed by atoms with Gasteiger partial charge in [-0.25, -0.2) is 0 Å². The van der Waals surface area contributed by atoms with Crippen LogP contribution in [0.5, 0.6) is 0 Å². The topological polar surface area (TPSA) is 77.9 Å². The monoisotopic (exact) mass is 298 g/mol. The Kier molecular flexibility index (Phi) is 6.65. The lowest BCUT2D eigenvalue weighted by atomic mass is 9.99. The molecule has 1 rings (SSSR count). The molecule has 1 N–H and O–H groups in total. The second kappa shape index (κ2) is 8.00. The van der Waals surface area contributed by atoms with E-state index in [-0.39, 0.29) is 18.4 Å². The number of amides is 2. The molecule has 0 aromatic carbocycles. The van der Waals surface area contributed by atoms with Crippen LogP contribution >= 0.6 is 0 Å². The van der Waals surface area contributed by atoms with Crippen LogP contribution in [-0.4, -0.2) is 58.9 Å². The lowest BCUT2D eigenvalue weighted by Gasteiger charge is -2.37. The van der Waals surface area contributed by atoms with Crippen LogP contribution in [0.1, 0.15) is 46.0 Å². The Morgan fingerprint density at radius 3 is 2.57 bits per heavy atom. The van der Waals surface area contributed by atoms with Crippen LogP contribution in [0.25, 0.3) is 0 Å². The summed E-state index contributed by atoms with van der Waals surface area (Å²) in [7, 11) is 1.61. The molecule has 6 nitrogen and oxygen atoms in total. The first kappa shape index (κ1) is 17.5. The molecular weight excluding hydrogens is 272 g/mol. The molecule has 2 atom stereocenters. The van der Waals surface area contributed by atoms with E-state index in [9.17, 15) is 14.4 Å². The van der Waals surface area contributed by atoms with Crippen molar-refractivity contribution in [2.24, 2.45) is 5.92 Å². The molecular formula is C15H26N2O4. The molecule has 0 aromatic rings. The van der Waals surface area contributed by atoms with E-state index in [0.29, 0.717) is 19.4 Å². The molecule has 1 saturated heterocycles. The lowest BCUT2D eigenvalue weighted by Crippen LogP contribution is -2.53. The average molecular weight is 298 g/mol. The highest BCUT2D eigenvalue weighted by atomic mass is 16.4. The number of nitrogens with zero attached hydrogens (tertiary/aromatic N) is 2. The third-order valence-electron chi connectivity index (χ3n) is 3.92. The van der Waals surface area contributed by atoms with Crippen LogP contribution in [0.2, 0.25) is 0 Å². The van der Waals surface area contributed by atoms with E-state index < -0.39 is 17.9 Å². The van der Waals surface area contributed by atoms with E-state index in [1.807, 2.05) is 6.92 Å². The second-order valence-corrected chi connectivity index (χ2v) is 5.81. The Morgan fingerprint density at radius 2 is 2.00 bits per heavy atom. The third-order valence-corrected chi connectivity index (χ3v) is 3.92. The first-order chi connectivity index (χ1) is 9.88. The Labute approximate surface area is 126 Å². The van der Waals surface area contributed by atoms with Gasteiger partial charge in [0.05, 0.1) is 5.92 Å². The number of likely N-dealkylation sites (N-methyl/N-ethyl adjacent to an activating group) is 1. The van der Waals surface area contributed by atoms with Gasteiger partial charge < -0.3 is 14.9 Å². The van der Waals surface area contributed by atoms with Crippen LogP contribution < -0.4 is 0 Å². The van der Waals surface area contributed by atoms with Crippen LogP contribution in [0.3, 0.4) is 0 Å². The quantitative estimate of drug-likeness (QED) is 0.803. The van der Waals surface area contributed by atoms with Crippen LogP contribution in [0.4, 0.5) is 0 Å². The zero-order valence-corrected chi connectivity index (χ0v) is 13.2. The fourth-order valence-electron chi connectivity index (χ4n) is 2.68. The highest BCUT2D eigenvalue weighted by Crippen LogP contribution is 2.20. The number of likely N-dealkylation sites (tertiary alicyclic amines) is 1. The molecule has 1 aliphatic heterocycles. The zero-order chi connectivity index (χ0) is 16.0. The summed E-state index contributed by atoms with van der Waals surface area (Å²) in [6, 6.07) is -0.427. The number of carbonyl (C=O) groups excluding carboxylic acids is 2. The number of carboxylic acids is 1. The van der Waals surface area contributed by atoms with E-state index in [0.717, 1.165) is 19.3 Å². The van der Waals surface area contributed by atoms with E-state index in [4.69, 9.17) is 5.11 Å². The average Bonchev–Trinajstić information content (AvgIpc) is 2.46. The van der Waals surface area contributed by atoms with Gasteiger partial charge >= 0.3 is 5.97 Å². The van der Waals surface area contributed by atoms with Crippen LogP contribution in [0.15, 0.2) is 0 Å². The smallest absolute Gasteiger partial charge is 0.308 e. The molecule has 0 bridgehead atoms. The summed E-state index contributed by atoms with van der Waals surface area (Å²) in [4.78, 5) is 38.7. The van der Waals surface area contributed by atoms with Gasteiger partial charge in [0.15, 0.2) is 0 Å². The molecule has 21 heavy (non-hydrogen) atoms. The van der Waals surface area contributed by atoms with Crippen molar-refractivity contribution < 1.29 is 19.5 Å². The summed E-state index contributed by atoms with van der Waals surface area (Å²) in [6.45, 7) is 4.31. The molecule has 0 aromatic heterocycles. The summed E-state index contributed by atoms with van der Waals surface area (Å²) in [5, 5.41) is 8.93. The standard InChI is InChI=1S/C15H26N2O4/c1-4-7-13(18)17-9-6-5-8-12(17)14(19)16(3)10-11(2)15(20)21/h11-12H,4-10H2,1-3H3,(H,20,21). The molecule has 2 unspecified atom stereocenters. The van der Waals surface area contributed by atoms with Crippen molar-refractivity contribution in [1.29, 1.82) is 0 Å². The Morgan fingerprint density at radius 1 is 1.33 bits per heavy atom. The van der Waals surface area contributed by atoms with E-state index in [1.165, 1.54) is 4.90 Å². The van der Waals surface area contributed by atoms with Gasteiger partial charge in [-0.2, -0.15) is 0 Å². The summed E-state index contributed by atoms with van der Waals surface area (Å²) >= 11 is 0. The minimum absolute atomic E-state index is 0.0234. The van der Waals surface area contributed by atoms with Gasteiger partial charge in [-0.1, -0.05) is 13.8 Å². The summed E-state index contributed by atoms with van der Waals surface area (Å²) in [5.74, 6) is -1.65. The van der Waals surface area contributed by atoms with Crippen molar-refractivity contribution >= 4 is 17.8 Å². The molecule has 1 heterocycles. The highest BCUT2D eigenvalue weighted by molar-refractivity contribution is 5.88. The van der Waals surface area contributed by atoms with Crippen molar-refractivity contribution in [3.05, 3.63) is 0 Å².